The monoisotopic (exact) mass is 349 g/mol. The lowest BCUT2D eigenvalue weighted by atomic mass is 10.2. The van der Waals surface area contributed by atoms with Crippen molar-refractivity contribution in [1.82, 2.24) is 13.5 Å². The van der Waals surface area contributed by atoms with Crippen LogP contribution >= 0.6 is 11.5 Å². The van der Waals surface area contributed by atoms with E-state index in [-0.39, 0.29) is 0 Å². The first-order valence-electron chi connectivity index (χ1n) is 8.12. The minimum atomic E-state index is 0.767. The summed E-state index contributed by atoms with van der Waals surface area (Å²) < 4.78 is 9.61. The third kappa shape index (κ3) is 3.10. The number of rotatable bonds is 3. The fourth-order valence-electron chi connectivity index (χ4n) is 2.90. The zero-order valence-electron chi connectivity index (χ0n) is 14.2. The molecule has 0 atom stereocenters. The molecule has 0 saturated carbocycles. The van der Waals surface area contributed by atoms with Crippen LogP contribution in [0.25, 0.3) is 21.7 Å². The average Bonchev–Trinajstić information content (AvgIpc) is 2.79. The summed E-state index contributed by atoms with van der Waals surface area (Å²) in [5.41, 5.74) is 3.33. The maximum absolute atomic E-state index is 5.24. The zero-order valence-corrected chi connectivity index (χ0v) is 15.0. The summed E-state index contributed by atoms with van der Waals surface area (Å²) in [6, 6.07) is 20.6. The zero-order chi connectivity index (χ0) is 17.2. The first kappa shape index (κ1) is 15.7. The van der Waals surface area contributed by atoms with Gasteiger partial charge in [0.2, 0.25) is 0 Å². The summed E-state index contributed by atoms with van der Waals surface area (Å²) in [6.07, 6.45) is 2.08. The third-order valence-electron chi connectivity index (χ3n) is 4.20. The van der Waals surface area contributed by atoms with Gasteiger partial charge in [-0.15, -0.1) is 0 Å². The molecule has 0 N–H and O–H groups in total. The maximum atomic E-state index is 5.24. The number of hydrogen-bond acceptors (Lipinski definition) is 3. The molecule has 5 heteroatoms. The minimum absolute atomic E-state index is 0.767. The van der Waals surface area contributed by atoms with Gasteiger partial charge in [0.25, 0.3) is 0 Å². The fourth-order valence-corrected chi connectivity index (χ4v) is 3.83. The number of nitrogens with zero attached hydrogens (tertiary/aromatic N) is 3. The molecule has 0 saturated heterocycles. The molecule has 0 radical (unpaired) electrons. The second kappa shape index (κ2) is 6.61. The highest BCUT2D eigenvalue weighted by atomic mass is 32.1. The summed E-state index contributed by atoms with van der Waals surface area (Å²) in [6.45, 7) is 0.767. The van der Waals surface area contributed by atoms with Gasteiger partial charge in [-0.25, -0.2) is 4.98 Å². The molecule has 0 spiro atoms. The summed E-state index contributed by atoms with van der Waals surface area (Å²) in [5, 5.41) is 0. The van der Waals surface area contributed by atoms with Crippen LogP contribution in [0.3, 0.4) is 0 Å². The van der Waals surface area contributed by atoms with E-state index in [0.29, 0.717) is 0 Å². The molecule has 0 aliphatic carbocycles. The Balaban J connectivity index is 1.85. The largest absolute Gasteiger partial charge is 0.497 e. The number of benzene rings is 2. The third-order valence-corrected chi connectivity index (χ3v) is 5.19. The van der Waals surface area contributed by atoms with Crippen molar-refractivity contribution < 1.29 is 4.74 Å². The van der Waals surface area contributed by atoms with Crippen molar-refractivity contribution >= 4 is 22.6 Å². The molecule has 2 aromatic rings. The Morgan fingerprint density at radius 1 is 1.00 bits per heavy atom. The lowest BCUT2D eigenvalue weighted by molar-refractivity contribution is 0.414. The molecule has 0 unspecified atom stereocenters. The number of aromatic nitrogens is 3. The van der Waals surface area contributed by atoms with Crippen LogP contribution in [-0.2, 0) is 13.6 Å². The van der Waals surface area contributed by atoms with Gasteiger partial charge in [-0.2, -0.15) is 0 Å². The molecule has 2 heterocycles. The summed E-state index contributed by atoms with van der Waals surface area (Å²) in [5.74, 6) is 1.86. The van der Waals surface area contributed by atoms with Crippen LogP contribution in [0, 0.1) is 0 Å². The molecule has 2 aliphatic heterocycles. The van der Waals surface area contributed by atoms with Crippen LogP contribution in [-0.4, -0.2) is 20.6 Å². The van der Waals surface area contributed by atoms with Crippen LogP contribution in [0.15, 0.2) is 66.9 Å². The first-order valence-corrected chi connectivity index (χ1v) is 8.90. The van der Waals surface area contributed by atoms with Crippen molar-refractivity contribution in [1.29, 1.82) is 0 Å². The van der Waals surface area contributed by atoms with Crippen LogP contribution in [0.4, 0.5) is 0 Å². The van der Waals surface area contributed by atoms with Gasteiger partial charge in [0.15, 0.2) is 5.82 Å². The molecule has 2 aromatic carbocycles. The number of fused-ring (bicyclic) bond motifs is 2. The summed E-state index contributed by atoms with van der Waals surface area (Å²) >= 11 is 1.70. The Kier molecular flexibility index (Phi) is 4.15. The molecule has 25 heavy (non-hydrogen) atoms. The molecule has 0 amide bonds. The minimum Gasteiger partial charge on any atom is -0.497 e. The standard InChI is InChI=1S/C20H19N3OS/c1-22-18-7-4-3-6-17(18)21-20-19(25-22)8-5-13-23(20)14-15-9-11-16(24-2)12-10-15/h3-13H,14H2,1-2H3. The Hall–Kier alpha value is -2.79. The van der Waals surface area contributed by atoms with Gasteiger partial charge in [-0.3, -0.25) is 3.96 Å². The Morgan fingerprint density at radius 3 is 2.60 bits per heavy atom. The van der Waals surface area contributed by atoms with Gasteiger partial charge in [0, 0.05) is 19.8 Å². The van der Waals surface area contributed by atoms with Crippen molar-refractivity contribution in [2.75, 3.05) is 7.11 Å². The molecular formula is C20H19N3OS. The van der Waals surface area contributed by atoms with E-state index in [1.165, 1.54) is 5.56 Å². The molecule has 0 bridgehead atoms. The van der Waals surface area contributed by atoms with E-state index >= 15 is 0 Å². The number of ether oxygens (including phenoxy) is 1. The van der Waals surface area contributed by atoms with E-state index in [9.17, 15) is 0 Å². The Bertz CT molecular complexity index is 1020. The van der Waals surface area contributed by atoms with Crippen LogP contribution < -0.4 is 4.74 Å². The van der Waals surface area contributed by atoms with E-state index in [2.05, 4.69) is 58.2 Å². The first-order chi connectivity index (χ1) is 12.2. The summed E-state index contributed by atoms with van der Waals surface area (Å²) in [7, 11) is 3.76. The number of methoxy groups -OCH3 is 1. The van der Waals surface area contributed by atoms with Gasteiger partial charge in [-0.1, -0.05) is 35.8 Å². The van der Waals surface area contributed by atoms with E-state index < -0.39 is 0 Å². The lowest BCUT2D eigenvalue weighted by Crippen LogP contribution is -2.05. The maximum Gasteiger partial charge on any atom is 0.152 e. The van der Waals surface area contributed by atoms with E-state index in [1.54, 1.807) is 18.6 Å². The Labute approximate surface area is 150 Å². The van der Waals surface area contributed by atoms with Gasteiger partial charge in [0.1, 0.15) is 5.75 Å². The van der Waals surface area contributed by atoms with Crippen LogP contribution in [0.2, 0.25) is 0 Å². The van der Waals surface area contributed by atoms with Gasteiger partial charge < -0.3 is 9.30 Å². The van der Waals surface area contributed by atoms with Crippen molar-refractivity contribution in [3.8, 4) is 16.5 Å². The highest BCUT2D eigenvalue weighted by Gasteiger charge is 2.10. The predicted molar refractivity (Wildman–Crippen MR) is 103 cm³/mol. The molecule has 4 nitrogen and oxygen atoms in total. The lowest BCUT2D eigenvalue weighted by Gasteiger charge is -2.12. The molecule has 0 aromatic heterocycles. The van der Waals surface area contributed by atoms with Crippen molar-refractivity contribution in [2.24, 2.45) is 7.05 Å². The highest BCUT2D eigenvalue weighted by molar-refractivity contribution is 7.10. The van der Waals surface area contributed by atoms with Crippen molar-refractivity contribution in [2.45, 2.75) is 6.54 Å². The fraction of sp³-hybridized carbons (Fsp3) is 0.150. The van der Waals surface area contributed by atoms with E-state index in [0.717, 1.165) is 34.0 Å². The quantitative estimate of drug-likeness (QED) is 0.536. The van der Waals surface area contributed by atoms with E-state index in [4.69, 9.17) is 9.72 Å². The highest BCUT2D eigenvalue weighted by Crippen LogP contribution is 2.26. The van der Waals surface area contributed by atoms with Crippen molar-refractivity contribution in [3.05, 3.63) is 72.4 Å². The van der Waals surface area contributed by atoms with E-state index in [1.807, 2.05) is 24.3 Å². The summed E-state index contributed by atoms with van der Waals surface area (Å²) in [4.78, 5) is 6.11. The SMILES string of the molecule is COc1ccc(Cn2cccc3sn(C)c4ccccc4nc2-3)cc1. The number of aryl methyl sites for hydroxylation is 1. The molecule has 0 fully saturated rings. The van der Waals surface area contributed by atoms with Crippen LogP contribution in [0.1, 0.15) is 5.56 Å². The average molecular weight is 349 g/mol. The van der Waals surface area contributed by atoms with Gasteiger partial charge in [0.05, 0.1) is 23.0 Å². The number of para-hydroxylation sites is 2. The second-order valence-electron chi connectivity index (χ2n) is 5.86. The second-order valence-corrected chi connectivity index (χ2v) is 7.03. The Morgan fingerprint density at radius 2 is 1.80 bits per heavy atom. The molecule has 126 valence electrons. The van der Waals surface area contributed by atoms with Gasteiger partial charge >= 0.3 is 0 Å². The topological polar surface area (TPSA) is 32.0 Å². The van der Waals surface area contributed by atoms with Gasteiger partial charge in [-0.05, 0) is 42.0 Å². The molecule has 2 aliphatic rings. The predicted octanol–water partition coefficient (Wildman–Crippen LogP) is 4.72. The van der Waals surface area contributed by atoms with Crippen LogP contribution in [0.5, 0.6) is 5.75 Å². The molecular weight excluding hydrogens is 330 g/mol. The molecule has 4 rings (SSSR count). The normalized spacial score (nSPS) is 11.0. The van der Waals surface area contributed by atoms with Crippen molar-refractivity contribution in [3.63, 3.8) is 0 Å². The number of pyridine rings is 1. The number of hydrogen-bond donors (Lipinski definition) is 0. The smallest absolute Gasteiger partial charge is 0.152 e.